The van der Waals surface area contributed by atoms with Gasteiger partial charge in [-0.25, -0.2) is 4.79 Å². The molecule has 0 aliphatic carbocycles. The van der Waals surface area contributed by atoms with E-state index < -0.39 is 21.9 Å². The number of aromatic nitrogens is 3. The Balaban J connectivity index is 1.85. The van der Waals surface area contributed by atoms with Crippen LogP contribution in [-0.4, -0.2) is 27.0 Å². The van der Waals surface area contributed by atoms with Crippen molar-refractivity contribution >= 4 is 17.8 Å². The molecule has 29 heavy (non-hydrogen) atoms. The van der Waals surface area contributed by atoms with Crippen molar-refractivity contribution in [2.75, 3.05) is 7.11 Å². The van der Waals surface area contributed by atoms with Crippen LogP contribution in [0.25, 0.3) is 12.2 Å². The maximum absolute atomic E-state index is 11.7. The van der Waals surface area contributed by atoms with E-state index in [1.54, 1.807) is 30.6 Å². The Labute approximate surface area is 163 Å². The van der Waals surface area contributed by atoms with Gasteiger partial charge >= 0.3 is 16.9 Å². The minimum absolute atomic E-state index is 0.208. The van der Waals surface area contributed by atoms with E-state index in [0.717, 1.165) is 5.56 Å². The number of nitrogens with one attached hydrogen (secondary N) is 2. The lowest BCUT2D eigenvalue weighted by atomic mass is 10.1. The molecular weight excluding hydrogens is 380 g/mol. The third kappa shape index (κ3) is 4.75. The van der Waals surface area contributed by atoms with Gasteiger partial charge in [0.05, 0.1) is 12.0 Å². The fourth-order valence-electron chi connectivity index (χ4n) is 2.53. The van der Waals surface area contributed by atoms with Gasteiger partial charge < -0.3 is 14.5 Å². The molecule has 2 N–H and O–H groups in total. The van der Waals surface area contributed by atoms with Crippen molar-refractivity contribution in [3.05, 3.63) is 90.5 Å². The topological polar surface area (TPSA) is 140 Å². The number of H-pyrrole nitrogens is 2. The summed E-state index contributed by atoms with van der Waals surface area (Å²) in [6.45, 7) is 0.328. The lowest BCUT2D eigenvalue weighted by molar-refractivity contribution is -0.386. The van der Waals surface area contributed by atoms with Gasteiger partial charge in [0.15, 0.2) is 11.5 Å². The zero-order valence-electron chi connectivity index (χ0n) is 15.2. The number of hydrogen-bond acceptors (Lipinski definition) is 7. The molecule has 0 radical (unpaired) electrons. The summed E-state index contributed by atoms with van der Waals surface area (Å²) in [5.41, 5.74) is -1.30. The second-order valence-corrected chi connectivity index (χ2v) is 5.82. The predicted molar refractivity (Wildman–Crippen MR) is 105 cm³/mol. The van der Waals surface area contributed by atoms with E-state index in [2.05, 4.69) is 9.97 Å². The Kier molecular flexibility index (Phi) is 5.83. The Bertz CT molecular complexity index is 1170. The highest BCUT2D eigenvalue weighted by Crippen LogP contribution is 2.29. The summed E-state index contributed by atoms with van der Waals surface area (Å²) in [7, 11) is 1.49. The molecular formula is C19H16N4O6. The number of nitro groups is 1. The third-order valence-electron chi connectivity index (χ3n) is 3.90. The highest BCUT2D eigenvalue weighted by atomic mass is 16.6. The van der Waals surface area contributed by atoms with Crippen molar-refractivity contribution in [3.8, 4) is 11.5 Å². The quantitative estimate of drug-likeness (QED) is 0.460. The lowest BCUT2D eigenvalue weighted by Gasteiger charge is -2.11. The normalized spacial score (nSPS) is 10.8. The van der Waals surface area contributed by atoms with Gasteiger partial charge in [-0.3, -0.25) is 24.9 Å². The predicted octanol–water partition coefficient (Wildman–Crippen LogP) is 2.12. The molecule has 0 saturated heterocycles. The number of pyridine rings is 1. The molecule has 0 spiro atoms. The van der Waals surface area contributed by atoms with Gasteiger partial charge in [0.25, 0.3) is 0 Å². The van der Waals surface area contributed by atoms with E-state index in [4.69, 9.17) is 9.47 Å². The molecule has 10 heteroatoms. The zero-order chi connectivity index (χ0) is 20.8. The Morgan fingerprint density at radius 2 is 1.86 bits per heavy atom. The van der Waals surface area contributed by atoms with Gasteiger partial charge in [-0.1, -0.05) is 12.1 Å². The van der Waals surface area contributed by atoms with E-state index >= 15 is 0 Å². The first-order valence-electron chi connectivity index (χ1n) is 8.36. The van der Waals surface area contributed by atoms with E-state index in [-0.39, 0.29) is 5.69 Å². The van der Waals surface area contributed by atoms with Crippen LogP contribution in [0.2, 0.25) is 0 Å². The average molecular weight is 396 g/mol. The number of benzene rings is 1. The van der Waals surface area contributed by atoms with E-state index in [1.165, 1.54) is 19.3 Å². The first-order chi connectivity index (χ1) is 14.0. The highest BCUT2D eigenvalue weighted by Gasteiger charge is 2.18. The minimum Gasteiger partial charge on any atom is -0.493 e. The molecule has 0 aliphatic rings. The Morgan fingerprint density at radius 3 is 2.55 bits per heavy atom. The van der Waals surface area contributed by atoms with Crippen LogP contribution in [0, 0.1) is 10.1 Å². The number of hydrogen-bond donors (Lipinski definition) is 2. The van der Waals surface area contributed by atoms with Gasteiger partial charge in [0.2, 0.25) is 0 Å². The van der Waals surface area contributed by atoms with Crippen LogP contribution in [0.1, 0.15) is 16.8 Å². The Hall–Kier alpha value is -4.21. The molecule has 1 aromatic carbocycles. The molecule has 3 rings (SSSR count). The summed E-state index contributed by atoms with van der Waals surface area (Å²) in [5, 5.41) is 11.1. The monoisotopic (exact) mass is 396 g/mol. The van der Waals surface area contributed by atoms with Crippen LogP contribution in [0.3, 0.4) is 0 Å². The van der Waals surface area contributed by atoms with Crippen molar-refractivity contribution in [2.24, 2.45) is 0 Å². The van der Waals surface area contributed by atoms with Crippen LogP contribution in [0.15, 0.2) is 52.3 Å². The van der Waals surface area contributed by atoms with Gasteiger partial charge in [0, 0.05) is 12.4 Å². The van der Waals surface area contributed by atoms with Gasteiger partial charge in [-0.15, -0.1) is 0 Å². The second-order valence-electron chi connectivity index (χ2n) is 5.82. The highest BCUT2D eigenvalue weighted by molar-refractivity contribution is 5.72. The van der Waals surface area contributed by atoms with Crippen molar-refractivity contribution in [2.45, 2.75) is 6.61 Å². The number of rotatable bonds is 7. The number of nitrogens with zero attached hydrogens (tertiary/aromatic N) is 2. The zero-order valence-corrected chi connectivity index (χ0v) is 15.2. The Morgan fingerprint density at radius 1 is 1.10 bits per heavy atom. The van der Waals surface area contributed by atoms with E-state index in [1.807, 2.05) is 17.1 Å². The molecule has 0 bridgehead atoms. The first-order valence-corrected chi connectivity index (χ1v) is 8.36. The van der Waals surface area contributed by atoms with E-state index in [0.29, 0.717) is 23.7 Å². The third-order valence-corrected chi connectivity index (χ3v) is 3.90. The molecule has 2 aromatic heterocycles. The summed E-state index contributed by atoms with van der Waals surface area (Å²) in [5.74, 6) is 0.965. The SMILES string of the molecule is COc1cc(/C=C\c2[nH]c(=O)[nH]c(=O)c2[N+](=O)[O-])ccc1OCc1ccncc1. The van der Waals surface area contributed by atoms with Crippen LogP contribution in [0.5, 0.6) is 11.5 Å². The molecule has 0 fully saturated rings. The number of aromatic amines is 2. The van der Waals surface area contributed by atoms with Gasteiger partial charge in [-0.05, 0) is 41.5 Å². The standard InChI is InChI=1S/C19H16N4O6/c1-28-16-10-12(3-5-15(16)29-11-13-6-8-20-9-7-13)2-4-14-17(23(26)27)18(24)22-19(25)21-14/h2-10H,11H2,1H3,(H2,21,22,24,25)/b4-2-. The van der Waals surface area contributed by atoms with Crippen molar-refractivity contribution in [1.29, 1.82) is 0 Å². The van der Waals surface area contributed by atoms with E-state index in [9.17, 15) is 19.7 Å². The smallest absolute Gasteiger partial charge is 0.357 e. The van der Waals surface area contributed by atoms with Gasteiger partial charge in [-0.2, -0.15) is 0 Å². The van der Waals surface area contributed by atoms with Crippen LogP contribution in [-0.2, 0) is 6.61 Å². The maximum atomic E-state index is 11.7. The minimum atomic E-state index is -1.07. The summed E-state index contributed by atoms with van der Waals surface area (Å²) < 4.78 is 11.1. The molecule has 0 saturated carbocycles. The average Bonchev–Trinajstić information content (AvgIpc) is 2.70. The van der Waals surface area contributed by atoms with Crippen LogP contribution < -0.4 is 20.7 Å². The van der Waals surface area contributed by atoms with Crippen molar-refractivity contribution in [3.63, 3.8) is 0 Å². The number of ether oxygens (including phenoxy) is 2. The second kappa shape index (κ2) is 8.65. The molecule has 0 amide bonds. The molecule has 0 unspecified atom stereocenters. The summed E-state index contributed by atoms with van der Waals surface area (Å²) in [4.78, 5) is 41.3. The summed E-state index contributed by atoms with van der Waals surface area (Å²) in [6.07, 6.45) is 6.12. The first kappa shape index (κ1) is 19.5. The lowest BCUT2D eigenvalue weighted by Crippen LogP contribution is -2.25. The molecule has 148 valence electrons. The van der Waals surface area contributed by atoms with Crippen LogP contribution in [0.4, 0.5) is 5.69 Å². The molecule has 10 nitrogen and oxygen atoms in total. The summed E-state index contributed by atoms with van der Waals surface area (Å²) in [6, 6.07) is 8.72. The number of methoxy groups -OCH3 is 1. The van der Waals surface area contributed by atoms with Gasteiger partial charge in [0.1, 0.15) is 12.3 Å². The molecule has 0 aliphatic heterocycles. The molecule has 0 atom stereocenters. The fourth-order valence-corrected chi connectivity index (χ4v) is 2.53. The van der Waals surface area contributed by atoms with Crippen LogP contribution >= 0.6 is 0 Å². The maximum Gasteiger partial charge on any atom is 0.357 e. The molecule has 2 heterocycles. The largest absolute Gasteiger partial charge is 0.493 e. The van der Waals surface area contributed by atoms with Crippen molar-refractivity contribution < 1.29 is 14.4 Å². The molecule has 3 aromatic rings. The summed E-state index contributed by atoms with van der Waals surface area (Å²) >= 11 is 0. The van der Waals surface area contributed by atoms with Crippen molar-refractivity contribution in [1.82, 2.24) is 15.0 Å². The fraction of sp³-hybridized carbons (Fsp3) is 0.105.